The predicted octanol–water partition coefficient (Wildman–Crippen LogP) is 15.8. The lowest BCUT2D eigenvalue weighted by molar-refractivity contribution is -0.301. The van der Waals surface area contributed by atoms with Gasteiger partial charge in [0, 0.05) is 12.8 Å². The summed E-state index contributed by atoms with van der Waals surface area (Å²) in [7, 11) is 0. The lowest BCUT2D eigenvalue weighted by Crippen LogP contribution is -2.61. The number of carbonyl (C=O) groups excluding carboxylic acids is 3. The molecule has 12 nitrogen and oxygen atoms in total. The van der Waals surface area contributed by atoms with Gasteiger partial charge in [0.15, 0.2) is 24.6 Å². The first-order chi connectivity index (χ1) is 38.6. The maximum absolute atomic E-state index is 13.2. The minimum Gasteiger partial charge on any atom is -0.479 e. The zero-order valence-electron chi connectivity index (χ0n) is 48.8. The Morgan fingerprint density at radius 3 is 1.33 bits per heavy atom. The molecule has 12 heteroatoms. The molecule has 444 valence electrons. The Hall–Kier alpha value is -5.14. The van der Waals surface area contributed by atoms with Crippen LogP contribution in [0.1, 0.15) is 213 Å². The Labute approximate surface area is 477 Å². The highest BCUT2D eigenvalue weighted by Gasteiger charge is 2.50. The topological polar surface area (TPSA) is 175 Å². The van der Waals surface area contributed by atoms with E-state index in [0.29, 0.717) is 25.7 Å². The summed E-state index contributed by atoms with van der Waals surface area (Å²) in [5.41, 5.74) is 0. The Kier molecular flexibility index (Phi) is 48.7. The molecule has 6 atom stereocenters. The van der Waals surface area contributed by atoms with Gasteiger partial charge >= 0.3 is 23.9 Å². The maximum atomic E-state index is 13.2. The minimum absolute atomic E-state index is 0.123. The van der Waals surface area contributed by atoms with Gasteiger partial charge in [0.25, 0.3) is 0 Å². The third kappa shape index (κ3) is 43.4. The maximum Gasteiger partial charge on any atom is 0.335 e. The van der Waals surface area contributed by atoms with Crippen molar-refractivity contribution in [2.45, 2.75) is 250 Å². The molecule has 1 rings (SSSR count). The summed E-state index contributed by atoms with van der Waals surface area (Å²) >= 11 is 0. The second kappa shape index (κ2) is 53.5. The van der Waals surface area contributed by atoms with Crippen molar-refractivity contribution in [1.82, 2.24) is 0 Å². The van der Waals surface area contributed by atoms with Crippen LogP contribution in [0.3, 0.4) is 0 Å². The number of rotatable bonds is 49. The Morgan fingerprint density at radius 1 is 0.443 bits per heavy atom. The predicted molar refractivity (Wildman–Crippen MR) is 321 cm³/mol. The Balaban J connectivity index is 2.78. The number of unbranched alkanes of at least 4 members (excludes halogenated alkanes) is 14. The number of carboxylic acids is 1. The van der Waals surface area contributed by atoms with Crippen molar-refractivity contribution in [3.8, 4) is 0 Å². The summed E-state index contributed by atoms with van der Waals surface area (Å²) in [6.07, 6.45) is 63.1. The highest BCUT2D eigenvalue weighted by molar-refractivity contribution is 5.74. The van der Waals surface area contributed by atoms with Crippen LogP contribution in [-0.4, -0.2) is 89.2 Å². The summed E-state index contributed by atoms with van der Waals surface area (Å²) in [5, 5.41) is 31.5. The van der Waals surface area contributed by atoms with E-state index in [4.69, 9.17) is 23.7 Å². The number of aliphatic hydroxyl groups excluding tert-OH is 2. The molecule has 0 radical (unpaired) electrons. The molecule has 0 spiro atoms. The van der Waals surface area contributed by atoms with Crippen LogP contribution in [0.4, 0.5) is 0 Å². The van der Waals surface area contributed by atoms with Gasteiger partial charge in [-0.15, -0.1) is 0 Å². The fourth-order valence-corrected chi connectivity index (χ4v) is 8.18. The Morgan fingerprint density at radius 2 is 0.848 bits per heavy atom. The molecule has 79 heavy (non-hydrogen) atoms. The average Bonchev–Trinajstić information content (AvgIpc) is 3.46. The van der Waals surface area contributed by atoms with E-state index >= 15 is 0 Å². The largest absolute Gasteiger partial charge is 0.479 e. The van der Waals surface area contributed by atoms with E-state index in [1.54, 1.807) is 12.2 Å². The van der Waals surface area contributed by atoms with Gasteiger partial charge in [-0.3, -0.25) is 14.4 Å². The summed E-state index contributed by atoms with van der Waals surface area (Å²) in [6.45, 7) is 5.66. The van der Waals surface area contributed by atoms with Crippen LogP contribution in [0.5, 0.6) is 0 Å². The van der Waals surface area contributed by atoms with Gasteiger partial charge in [0.2, 0.25) is 0 Å². The third-order valence-corrected chi connectivity index (χ3v) is 12.7. The summed E-state index contributed by atoms with van der Waals surface area (Å²) < 4.78 is 28.2. The van der Waals surface area contributed by atoms with Crippen molar-refractivity contribution in [1.29, 1.82) is 0 Å². The number of aliphatic hydroxyl groups is 2. The average molecular weight is 1100 g/mol. The molecule has 0 bridgehead atoms. The Bertz CT molecular complexity index is 1880. The quantitative estimate of drug-likeness (QED) is 0.0228. The molecule has 0 aliphatic carbocycles. The van der Waals surface area contributed by atoms with Gasteiger partial charge in [-0.25, -0.2) is 4.79 Å². The van der Waals surface area contributed by atoms with Crippen LogP contribution in [-0.2, 0) is 42.9 Å². The van der Waals surface area contributed by atoms with Crippen LogP contribution < -0.4 is 0 Å². The summed E-state index contributed by atoms with van der Waals surface area (Å²) in [6, 6.07) is 0. The number of allylic oxidation sites excluding steroid dienone is 21. The molecule has 6 unspecified atom stereocenters. The van der Waals surface area contributed by atoms with Crippen LogP contribution in [0.15, 0.2) is 134 Å². The second-order valence-corrected chi connectivity index (χ2v) is 19.9. The van der Waals surface area contributed by atoms with Gasteiger partial charge in [-0.1, -0.05) is 219 Å². The number of carbonyl (C=O) groups is 4. The second-order valence-electron chi connectivity index (χ2n) is 19.9. The van der Waals surface area contributed by atoms with E-state index in [0.717, 1.165) is 89.9 Å². The molecule has 1 fully saturated rings. The number of aliphatic carboxylic acids is 1. The first-order valence-corrected chi connectivity index (χ1v) is 30.2. The van der Waals surface area contributed by atoms with Crippen LogP contribution in [0.25, 0.3) is 0 Å². The van der Waals surface area contributed by atoms with Gasteiger partial charge in [-0.2, -0.15) is 0 Å². The van der Waals surface area contributed by atoms with Crippen LogP contribution in [0, 0.1) is 0 Å². The first kappa shape index (κ1) is 71.9. The van der Waals surface area contributed by atoms with Crippen molar-refractivity contribution < 1.29 is 58.2 Å². The SMILES string of the molecule is CC/C=C\C/C=C\C/C=C\C/C=C\C/C=C\CCCC(=O)OCC(COC1OC(C(=O)O)C(O)C(O)C1OC(=O)C/C=C\C/C=C\C/C=C\C/C=C\C/C=C\CC)OC(=O)CCCCCCCCC/C=C\CCCCCCCC. The fraction of sp³-hybridized carbons (Fsp3) is 0.612. The zero-order valence-corrected chi connectivity index (χ0v) is 48.8. The molecule has 0 aromatic carbocycles. The van der Waals surface area contributed by atoms with Crippen molar-refractivity contribution in [2.24, 2.45) is 0 Å². The number of hydrogen-bond donors (Lipinski definition) is 3. The molecule has 0 saturated carbocycles. The van der Waals surface area contributed by atoms with Crippen LogP contribution >= 0.6 is 0 Å². The molecule has 1 saturated heterocycles. The van der Waals surface area contributed by atoms with Crippen molar-refractivity contribution in [2.75, 3.05) is 13.2 Å². The van der Waals surface area contributed by atoms with Crippen LogP contribution in [0.2, 0.25) is 0 Å². The normalized spacial score (nSPS) is 18.8. The highest BCUT2D eigenvalue weighted by Crippen LogP contribution is 2.26. The third-order valence-electron chi connectivity index (χ3n) is 12.7. The molecule has 3 N–H and O–H groups in total. The fourth-order valence-electron chi connectivity index (χ4n) is 8.18. The van der Waals surface area contributed by atoms with Gasteiger partial charge in [-0.05, 0) is 109 Å². The smallest absolute Gasteiger partial charge is 0.335 e. The lowest BCUT2D eigenvalue weighted by atomic mass is 9.98. The van der Waals surface area contributed by atoms with Crippen molar-refractivity contribution in [3.05, 3.63) is 134 Å². The van der Waals surface area contributed by atoms with Crippen molar-refractivity contribution >= 4 is 23.9 Å². The van der Waals surface area contributed by atoms with E-state index in [1.807, 2.05) is 18.2 Å². The van der Waals surface area contributed by atoms with E-state index in [1.165, 1.54) is 57.8 Å². The molecule has 1 aliphatic heterocycles. The van der Waals surface area contributed by atoms with E-state index < -0.39 is 67.3 Å². The van der Waals surface area contributed by atoms with Gasteiger partial charge in [0.1, 0.15) is 18.8 Å². The van der Waals surface area contributed by atoms with Gasteiger partial charge in [0.05, 0.1) is 13.0 Å². The highest BCUT2D eigenvalue weighted by atomic mass is 16.7. The molecular weight excluding hydrogens is 997 g/mol. The first-order valence-electron chi connectivity index (χ1n) is 30.2. The minimum atomic E-state index is -1.95. The monoisotopic (exact) mass is 1100 g/mol. The molecule has 0 aromatic rings. The molecule has 0 amide bonds. The molecule has 1 heterocycles. The standard InChI is InChI=1S/C67H104O12/c1-4-7-10-13-16-19-22-25-28-30-33-35-38-41-44-47-50-53-59(68)75-56-58(77-60(69)54-51-48-45-42-39-37-34-31-29-26-23-20-17-14-11-8-5-2)57-76-67-65(63(72)62(71)64(79-67)66(73)74)78-61(70)55-52-49-46-43-40-36-32-27-24-21-18-15-12-9-6-3/h7,9-10,12,16,18-19,21,25-29,32-33,35,40-41,43-44,49,52,58,62-65,67,71-72H,4-6,8,11,13-15,17,20,22-24,30-31,34,36-39,42,45-48,50-51,53-57H2,1-3H3,(H,73,74)/b10-7-,12-9-,19-16-,21-18-,28-25-,29-26-,32-27-,35-33-,43-40-,44-41-,52-49-. The summed E-state index contributed by atoms with van der Waals surface area (Å²) in [4.78, 5) is 51.1. The van der Waals surface area contributed by atoms with Crippen molar-refractivity contribution in [3.63, 3.8) is 0 Å². The molecular formula is C67H104O12. The number of carboxylic acid groups (broad SMARTS) is 1. The number of ether oxygens (including phenoxy) is 5. The number of esters is 3. The van der Waals surface area contributed by atoms with E-state index in [9.17, 15) is 34.5 Å². The molecule has 0 aromatic heterocycles. The summed E-state index contributed by atoms with van der Waals surface area (Å²) in [5.74, 6) is -3.38. The number of hydrogen-bond acceptors (Lipinski definition) is 11. The zero-order chi connectivity index (χ0) is 57.5. The van der Waals surface area contributed by atoms with Gasteiger partial charge < -0.3 is 39.0 Å². The lowest BCUT2D eigenvalue weighted by Gasteiger charge is -2.40. The van der Waals surface area contributed by atoms with E-state index in [-0.39, 0.29) is 25.9 Å². The van der Waals surface area contributed by atoms with E-state index in [2.05, 4.69) is 124 Å². The molecule has 1 aliphatic rings.